The maximum absolute atomic E-state index is 5.47. The molecule has 0 spiro atoms. The second kappa shape index (κ2) is 5.03. The van der Waals surface area contributed by atoms with Crippen LogP contribution in [0.5, 0.6) is 0 Å². The Hall–Kier alpha value is -0.820. The first-order valence-corrected chi connectivity index (χ1v) is 5.03. The van der Waals surface area contributed by atoms with Crippen LogP contribution in [0.2, 0.25) is 0 Å². The van der Waals surface area contributed by atoms with Crippen LogP contribution in [0.15, 0.2) is 24.3 Å². The third-order valence-corrected chi connectivity index (χ3v) is 2.29. The minimum atomic E-state index is 0.623. The highest BCUT2D eigenvalue weighted by molar-refractivity contribution is 5.25. The zero-order chi connectivity index (χ0) is 9.68. The first-order chi connectivity index (χ1) is 6.24. The van der Waals surface area contributed by atoms with Crippen LogP contribution >= 0.6 is 0 Å². The van der Waals surface area contributed by atoms with Gasteiger partial charge < -0.3 is 5.73 Å². The molecule has 1 heteroatoms. The second-order valence-electron chi connectivity index (χ2n) is 3.79. The van der Waals surface area contributed by atoms with Gasteiger partial charge in [0.2, 0.25) is 0 Å². The second-order valence-corrected chi connectivity index (χ2v) is 3.79. The van der Waals surface area contributed by atoms with Crippen LogP contribution < -0.4 is 5.73 Å². The fourth-order valence-electron chi connectivity index (χ4n) is 1.41. The summed E-state index contributed by atoms with van der Waals surface area (Å²) in [4.78, 5) is 0. The van der Waals surface area contributed by atoms with E-state index < -0.39 is 0 Å². The Labute approximate surface area is 81.0 Å². The molecule has 0 fully saturated rings. The molecule has 0 bridgehead atoms. The largest absolute Gasteiger partial charge is 0.330 e. The summed E-state index contributed by atoms with van der Waals surface area (Å²) in [6.07, 6.45) is 2.19. The predicted octanol–water partition coefficient (Wildman–Crippen LogP) is 2.70. The topological polar surface area (TPSA) is 26.0 Å². The van der Waals surface area contributed by atoms with Gasteiger partial charge in [0.25, 0.3) is 0 Å². The van der Waals surface area contributed by atoms with Gasteiger partial charge in [-0.05, 0) is 36.4 Å². The molecular formula is C12H19N. The molecule has 0 heterocycles. The lowest BCUT2D eigenvalue weighted by molar-refractivity contribution is 0.821. The zero-order valence-corrected chi connectivity index (χ0v) is 8.59. The van der Waals surface area contributed by atoms with Crippen LogP contribution in [0.25, 0.3) is 0 Å². The molecule has 2 N–H and O–H groups in total. The zero-order valence-electron chi connectivity index (χ0n) is 8.59. The summed E-state index contributed by atoms with van der Waals surface area (Å²) in [6, 6.07) is 8.81. The summed E-state index contributed by atoms with van der Waals surface area (Å²) in [5, 5.41) is 0. The molecule has 1 aromatic carbocycles. The summed E-state index contributed by atoms with van der Waals surface area (Å²) >= 11 is 0. The molecule has 0 aliphatic heterocycles. The van der Waals surface area contributed by atoms with Crippen molar-refractivity contribution in [2.45, 2.75) is 32.6 Å². The van der Waals surface area contributed by atoms with Gasteiger partial charge in [-0.2, -0.15) is 0 Å². The summed E-state index contributed by atoms with van der Waals surface area (Å²) in [5.74, 6) is 0.623. The number of nitrogens with two attached hydrogens (primary N) is 1. The van der Waals surface area contributed by atoms with Crippen LogP contribution in [0.3, 0.4) is 0 Å². The maximum Gasteiger partial charge on any atom is -0.00741 e. The van der Waals surface area contributed by atoms with Crippen molar-refractivity contribution in [1.82, 2.24) is 0 Å². The Balaban J connectivity index is 2.68. The Morgan fingerprint density at radius 3 is 2.69 bits per heavy atom. The third-order valence-electron chi connectivity index (χ3n) is 2.29. The minimum absolute atomic E-state index is 0.623. The Kier molecular flexibility index (Phi) is 3.97. The average molecular weight is 177 g/mol. The van der Waals surface area contributed by atoms with Gasteiger partial charge in [-0.25, -0.2) is 0 Å². The fourth-order valence-corrected chi connectivity index (χ4v) is 1.41. The van der Waals surface area contributed by atoms with Gasteiger partial charge in [-0.3, -0.25) is 0 Å². The molecule has 1 rings (SSSR count). The molecule has 72 valence electrons. The van der Waals surface area contributed by atoms with Crippen molar-refractivity contribution >= 4 is 0 Å². The van der Waals surface area contributed by atoms with E-state index in [2.05, 4.69) is 38.1 Å². The summed E-state index contributed by atoms with van der Waals surface area (Å²) in [7, 11) is 0. The molecule has 13 heavy (non-hydrogen) atoms. The number of hydrogen-bond acceptors (Lipinski definition) is 1. The van der Waals surface area contributed by atoms with Crippen LogP contribution in [-0.4, -0.2) is 6.54 Å². The Bertz CT molecular complexity index is 253. The molecule has 0 atom stereocenters. The maximum atomic E-state index is 5.47. The molecule has 0 unspecified atom stereocenters. The normalized spacial score (nSPS) is 10.8. The van der Waals surface area contributed by atoms with Crippen LogP contribution in [-0.2, 0) is 6.42 Å². The molecule has 0 radical (unpaired) electrons. The Morgan fingerprint density at radius 2 is 2.08 bits per heavy atom. The first-order valence-electron chi connectivity index (χ1n) is 5.03. The van der Waals surface area contributed by atoms with Crippen molar-refractivity contribution in [3.63, 3.8) is 0 Å². The number of benzene rings is 1. The van der Waals surface area contributed by atoms with Crippen molar-refractivity contribution in [2.75, 3.05) is 6.54 Å². The lowest BCUT2D eigenvalue weighted by atomic mass is 9.99. The first kappa shape index (κ1) is 10.3. The van der Waals surface area contributed by atoms with Crippen LogP contribution in [0, 0.1) is 0 Å². The fraction of sp³-hybridized carbons (Fsp3) is 0.500. The molecule has 0 aliphatic rings. The molecule has 1 aromatic rings. The van der Waals surface area contributed by atoms with E-state index in [0.717, 1.165) is 19.4 Å². The highest BCUT2D eigenvalue weighted by Gasteiger charge is 1.99. The number of hydrogen-bond donors (Lipinski definition) is 1. The van der Waals surface area contributed by atoms with Gasteiger partial charge in [0, 0.05) is 0 Å². The highest BCUT2D eigenvalue weighted by Crippen LogP contribution is 2.16. The van der Waals surface area contributed by atoms with E-state index in [9.17, 15) is 0 Å². The van der Waals surface area contributed by atoms with Crippen LogP contribution in [0.4, 0.5) is 0 Å². The van der Waals surface area contributed by atoms with Gasteiger partial charge in [0.1, 0.15) is 0 Å². The van der Waals surface area contributed by atoms with E-state index in [-0.39, 0.29) is 0 Å². The molecule has 0 saturated carbocycles. The predicted molar refractivity (Wildman–Crippen MR) is 57.9 cm³/mol. The standard InChI is InChI=1S/C12H19N/c1-10(2)12-7-3-5-11(9-12)6-4-8-13/h3,5,7,9-10H,4,6,8,13H2,1-2H3. The molecule has 0 saturated heterocycles. The van der Waals surface area contributed by atoms with E-state index >= 15 is 0 Å². The van der Waals surface area contributed by atoms with Gasteiger partial charge in [0.05, 0.1) is 0 Å². The number of aryl methyl sites for hydroxylation is 1. The van der Waals surface area contributed by atoms with Crippen LogP contribution in [0.1, 0.15) is 37.3 Å². The van der Waals surface area contributed by atoms with E-state index in [1.165, 1.54) is 11.1 Å². The molecule has 0 aromatic heterocycles. The van der Waals surface area contributed by atoms with Gasteiger partial charge in [-0.15, -0.1) is 0 Å². The van der Waals surface area contributed by atoms with Crippen molar-refractivity contribution in [3.8, 4) is 0 Å². The molecule has 1 nitrogen and oxygen atoms in total. The van der Waals surface area contributed by atoms with E-state index in [4.69, 9.17) is 5.73 Å². The third kappa shape index (κ3) is 3.19. The molecule has 0 aliphatic carbocycles. The summed E-state index contributed by atoms with van der Waals surface area (Å²) < 4.78 is 0. The van der Waals surface area contributed by atoms with Gasteiger partial charge in [0.15, 0.2) is 0 Å². The Morgan fingerprint density at radius 1 is 1.31 bits per heavy atom. The van der Waals surface area contributed by atoms with Crippen molar-refractivity contribution in [3.05, 3.63) is 35.4 Å². The van der Waals surface area contributed by atoms with Crippen molar-refractivity contribution in [2.24, 2.45) is 5.73 Å². The molecule has 0 amide bonds. The van der Waals surface area contributed by atoms with E-state index in [0.29, 0.717) is 5.92 Å². The quantitative estimate of drug-likeness (QED) is 0.752. The highest BCUT2D eigenvalue weighted by atomic mass is 14.5. The van der Waals surface area contributed by atoms with Crippen molar-refractivity contribution < 1.29 is 0 Å². The summed E-state index contributed by atoms with van der Waals surface area (Å²) in [6.45, 7) is 5.23. The SMILES string of the molecule is CC(C)c1cccc(CCCN)c1. The number of rotatable bonds is 4. The van der Waals surface area contributed by atoms with E-state index in [1.807, 2.05) is 0 Å². The summed E-state index contributed by atoms with van der Waals surface area (Å²) in [5.41, 5.74) is 8.31. The van der Waals surface area contributed by atoms with Crippen molar-refractivity contribution in [1.29, 1.82) is 0 Å². The van der Waals surface area contributed by atoms with Gasteiger partial charge in [-0.1, -0.05) is 38.1 Å². The smallest absolute Gasteiger partial charge is 0.00741 e. The lowest BCUT2D eigenvalue weighted by Crippen LogP contribution is -2.00. The monoisotopic (exact) mass is 177 g/mol. The molecular weight excluding hydrogens is 158 g/mol. The average Bonchev–Trinajstić information content (AvgIpc) is 2.15. The van der Waals surface area contributed by atoms with Gasteiger partial charge >= 0.3 is 0 Å². The lowest BCUT2D eigenvalue weighted by Gasteiger charge is -2.07. The van der Waals surface area contributed by atoms with E-state index in [1.54, 1.807) is 0 Å². The minimum Gasteiger partial charge on any atom is -0.330 e.